The van der Waals surface area contributed by atoms with Crippen molar-refractivity contribution in [3.8, 4) is 0 Å². The smallest absolute Gasteiger partial charge is 0.244 e. The number of likely N-dealkylation sites (tertiary alicyclic amines) is 1. The summed E-state index contributed by atoms with van der Waals surface area (Å²) in [5.74, 6) is 1.46. The molecular formula is C16H25N5O2. The van der Waals surface area contributed by atoms with Crippen molar-refractivity contribution in [3.05, 3.63) is 29.2 Å². The van der Waals surface area contributed by atoms with E-state index in [0.29, 0.717) is 13.0 Å². The number of ether oxygens (including phenoxy) is 1. The van der Waals surface area contributed by atoms with E-state index in [1.54, 1.807) is 7.11 Å². The van der Waals surface area contributed by atoms with Gasteiger partial charge in [-0.3, -0.25) is 9.58 Å². The summed E-state index contributed by atoms with van der Waals surface area (Å²) in [5.41, 5.74) is 2.35. The number of aryl methyl sites for hydroxylation is 2. The van der Waals surface area contributed by atoms with Crippen LogP contribution in [-0.4, -0.2) is 45.1 Å². The van der Waals surface area contributed by atoms with Gasteiger partial charge in [0.15, 0.2) is 5.82 Å². The van der Waals surface area contributed by atoms with E-state index in [2.05, 4.69) is 33.3 Å². The van der Waals surface area contributed by atoms with Crippen LogP contribution in [0.2, 0.25) is 0 Å². The van der Waals surface area contributed by atoms with Gasteiger partial charge in [-0.2, -0.15) is 10.1 Å². The quantitative estimate of drug-likeness (QED) is 0.811. The molecule has 1 atom stereocenters. The molecule has 2 aromatic heterocycles. The third-order valence-corrected chi connectivity index (χ3v) is 4.40. The SMILES string of the molecule is COCCc1noc([C@H]2CCCCN2Cc2cn(C)nc2C)n1. The maximum absolute atomic E-state index is 5.53. The number of methoxy groups -OCH3 is 1. The molecule has 3 heterocycles. The summed E-state index contributed by atoms with van der Waals surface area (Å²) in [6, 6.07) is 0.201. The molecule has 3 rings (SSSR count). The number of piperidine rings is 1. The van der Waals surface area contributed by atoms with E-state index in [-0.39, 0.29) is 6.04 Å². The van der Waals surface area contributed by atoms with Crippen molar-refractivity contribution < 1.29 is 9.26 Å². The third kappa shape index (κ3) is 3.79. The second-order valence-corrected chi connectivity index (χ2v) is 6.19. The Morgan fingerprint density at radius 3 is 3.00 bits per heavy atom. The standard InChI is InChI=1S/C16H25N5O2/c1-12-13(10-20(2)18-12)11-21-8-5-4-6-14(21)16-17-15(19-23-16)7-9-22-3/h10,14H,4-9,11H2,1-3H3/t14-/m1/s1. The predicted molar refractivity (Wildman–Crippen MR) is 84.8 cm³/mol. The predicted octanol–water partition coefficient (Wildman–Crippen LogP) is 2.03. The van der Waals surface area contributed by atoms with E-state index in [1.807, 2.05) is 11.7 Å². The van der Waals surface area contributed by atoms with Gasteiger partial charge in [-0.1, -0.05) is 11.6 Å². The Labute approximate surface area is 136 Å². The highest BCUT2D eigenvalue weighted by Gasteiger charge is 2.29. The molecule has 0 spiro atoms. The number of hydrogen-bond acceptors (Lipinski definition) is 6. The zero-order valence-electron chi connectivity index (χ0n) is 14.2. The summed E-state index contributed by atoms with van der Waals surface area (Å²) in [5, 5.41) is 8.52. The van der Waals surface area contributed by atoms with Gasteiger partial charge in [0.2, 0.25) is 5.89 Å². The molecule has 1 fully saturated rings. The van der Waals surface area contributed by atoms with Crippen molar-refractivity contribution in [1.29, 1.82) is 0 Å². The lowest BCUT2D eigenvalue weighted by molar-refractivity contribution is 0.111. The van der Waals surface area contributed by atoms with Crippen LogP contribution in [0.3, 0.4) is 0 Å². The Kier molecular flexibility index (Phi) is 5.07. The molecule has 0 amide bonds. The number of aromatic nitrogens is 4. The van der Waals surface area contributed by atoms with Crippen LogP contribution in [-0.2, 0) is 24.8 Å². The fourth-order valence-electron chi connectivity index (χ4n) is 3.18. The fourth-order valence-corrected chi connectivity index (χ4v) is 3.18. The molecule has 0 aliphatic carbocycles. The van der Waals surface area contributed by atoms with Gasteiger partial charge in [0.25, 0.3) is 0 Å². The molecule has 0 aromatic carbocycles. The molecule has 0 radical (unpaired) electrons. The van der Waals surface area contributed by atoms with Crippen LogP contribution < -0.4 is 0 Å². The second kappa shape index (κ2) is 7.23. The van der Waals surface area contributed by atoms with E-state index in [1.165, 1.54) is 18.4 Å². The number of rotatable bonds is 6. The van der Waals surface area contributed by atoms with Crippen LogP contribution in [0.4, 0.5) is 0 Å². The van der Waals surface area contributed by atoms with Gasteiger partial charge < -0.3 is 9.26 Å². The summed E-state index contributed by atoms with van der Waals surface area (Å²) in [6.45, 7) is 4.60. The Hall–Kier alpha value is -1.73. The monoisotopic (exact) mass is 319 g/mol. The first-order valence-electron chi connectivity index (χ1n) is 8.22. The molecule has 0 saturated carbocycles. The fraction of sp³-hybridized carbons (Fsp3) is 0.688. The normalized spacial score (nSPS) is 19.3. The first-order valence-corrected chi connectivity index (χ1v) is 8.22. The van der Waals surface area contributed by atoms with E-state index >= 15 is 0 Å². The highest BCUT2D eigenvalue weighted by Crippen LogP contribution is 2.31. The molecule has 0 bridgehead atoms. The lowest BCUT2D eigenvalue weighted by Gasteiger charge is -2.33. The average Bonchev–Trinajstić information content (AvgIpc) is 3.13. The van der Waals surface area contributed by atoms with Gasteiger partial charge in [-0.15, -0.1) is 0 Å². The average molecular weight is 319 g/mol. The van der Waals surface area contributed by atoms with E-state index < -0.39 is 0 Å². The van der Waals surface area contributed by atoms with Gasteiger partial charge in [-0.25, -0.2) is 0 Å². The van der Waals surface area contributed by atoms with Crippen molar-refractivity contribution in [2.45, 2.75) is 45.2 Å². The zero-order chi connectivity index (χ0) is 16.2. The number of hydrogen-bond donors (Lipinski definition) is 0. The molecular weight excluding hydrogens is 294 g/mol. The summed E-state index contributed by atoms with van der Waals surface area (Å²) in [7, 11) is 3.64. The Morgan fingerprint density at radius 2 is 2.26 bits per heavy atom. The van der Waals surface area contributed by atoms with Gasteiger partial charge in [-0.05, 0) is 26.3 Å². The maximum atomic E-state index is 5.53. The molecule has 1 saturated heterocycles. The summed E-state index contributed by atoms with van der Waals surface area (Å²) < 4.78 is 12.5. The minimum absolute atomic E-state index is 0.201. The van der Waals surface area contributed by atoms with E-state index in [4.69, 9.17) is 9.26 Å². The maximum Gasteiger partial charge on any atom is 0.244 e. The molecule has 126 valence electrons. The van der Waals surface area contributed by atoms with Crippen LogP contribution >= 0.6 is 0 Å². The first-order chi connectivity index (χ1) is 11.2. The van der Waals surface area contributed by atoms with Crippen molar-refractivity contribution >= 4 is 0 Å². The highest BCUT2D eigenvalue weighted by molar-refractivity contribution is 5.15. The molecule has 7 heteroatoms. The molecule has 1 aliphatic heterocycles. The lowest BCUT2D eigenvalue weighted by atomic mass is 10.0. The Morgan fingerprint density at radius 1 is 1.39 bits per heavy atom. The van der Waals surface area contributed by atoms with Gasteiger partial charge in [0, 0.05) is 38.9 Å². The molecule has 0 N–H and O–H groups in total. The number of nitrogens with zero attached hydrogens (tertiary/aromatic N) is 5. The highest BCUT2D eigenvalue weighted by atomic mass is 16.5. The minimum atomic E-state index is 0.201. The van der Waals surface area contributed by atoms with Crippen molar-refractivity contribution in [1.82, 2.24) is 24.8 Å². The molecule has 7 nitrogen and oxygen atoms in total. The van der Waals surface area contributed by atoms with Crippen molar-refractivity contribution in [3.63, 3.8) is 0 Å². The van der Waals surface area contributed by atoms with Crippen molar-refractivity contribution in [2.24, 2.45) is 7.05 Å². The minimum Gasteiger partial charge on any atom is -0.384 e. The van der Waals surface area contributed by atoms with E-state index in [0.717, 1.165) is 36.9 Å². The topological polar surface area (TPSA) is 69.2 Å². The van der Waals surface area contributed by atoms with Crippen LogP contribution in [0, 0.1) is 6.92 Å². The van der Waals surface area contributed by atoms with Crippen molar-refractivity contribution in [2.75, 3.05) is 20.3 Å². The second-order valence-electron chi connectivity index (χ2n) is 6.19. The van der Waals surface area contributed by atoms with Crippen LogP contribution in [0.25, 0.3) is 0 Å². The van der Waals surface area contributed by atoms with Crippen LogP contribution in [0.1, 0.15) is 48.3 Å². The Bertz CT molecular complexity index is 636. The van der Waals surface area contributed by atoms with Gasteiger partial charge >= 0.3 is 0 Å². The van der Waals surface area contributed by atoms with Crippen LogP contribution in [0.5, 0.6) is 0 Å². The first kappa shape index (κ1) is 16.1. The van der Waals surface area contributed by atoms with E-state index in [9.17, 15) is 0 Å². The lowest BCUT2D eigenvalue weighted by Crippen LogP contribution is -2.33. The zero-order valence-corrected chi connectivity index (χ0v) is 14.2. The molecule has 2 aromatic rings. The summed E-state index contributed by atoms with van der Waals surface area (Å²) in [6.07, 6.45) is 6.25. The molecule has 1 aliphatic rings. The third-order valence-electron chi connectivity index (χ3n) is 4.40. The molecule has 23 heavy (non-hydrogen) atoms. The van der Waals surface area contributed by atoms with Gasteiger partial charge in [0.05, 0.1) is 18.3 Å². The largest absolute Gasteiger partial charge is 0.384 e. The summed E-state index contributed by atoms with van der Waals surface area (Å²) >= 11 is 0. The van der Waals surface area contributed by atoms with Gasteiger partial charge in [0.1, 0.15) is 0 Å². The Balaban J connectivity index is 1.73. The van der Waals surface area contributed by atoms with Crippen LogP contribution in [0.15, 0.2) is 10.7 Å². The molecule has 0 unspecified atom stereocenters. The summed E-state index contributed by atoms with van der Waals surface area (Å²) in [4.78, 5) is 7.00.